The first-order valence-electron chi connectivity index (χ1n) is 32.8. The third kappa shape index (κ3) is 28.0. The average Bonchev–Trinajstić information content (AvgIpc) is 1.61. The van der Waals surface area contributed by atoms with E-state index in [9.17, 15) is 92.3 Å². The highest BCUT2D eigenvalue weighted by molar-refractivity contribution is 6.01. The number of aliphatic carboxylic acids is 2. The van der Waals surface area contributed by atoms with Gasteiger partial charge in [-0.05, 0) is 88.3 Å². The number of carboxylic acid groups (broad SMARTS) is 2. The molecule has 0 radical (unpaired) electrons. The van der Waals surface area contributed by atoms with Crippen molar-refractivity contribution < 1.29 is 92.3 Å². The van der Waals surface area contributed by atoms with Crippen LogP contribution in [-0.2, 0) is 78.3 Å². The predicted molar refractivity (Wildman–Crippen MR) is 358 cm³/mol. The number of guanidine groups is 1. The second-order valence-corrected chi connectivity index (χ2v) is 24.8. The molecule has 3 rings (SSSR count). The monoisotopic (exact) mass is 1410 g/mol. The number of carbonyl (C=O) groups is 15. The first kappa shape index (κ1) is 84.1. The van der Waals surface area contributed by atoms with E-state index in [1.807, 2.05) is 5.32 Å². The first-order chi connectivity index (χ1) is 47.1. The molecule has 556 valence electrons. The lowest BCUT2D eigenvalue weighted by atomic mass is 9.96. The van der Waals surface area contributed by atoms with Crippen LogP contribution in [0.5, 0.6) is 0 Å². The van der Waals surface area contributed by atoms with Gasteiger partial charge in [-0.2, -0.15) is 0 Å². The second kappa shape index (κ2) is 42.0. The quantitative estimate of drug-likeness (QED) is 0.0166. The van der Waals surface area contributed by atoms with E-state index >= 15 is 0 Å². The number of hydrogen-bond donors (Lipinski definition) is 21. The largest absolute Gasteiger partial charge is 0.481 e. The Bertz CT molecular complexity index is 3230. The highest BCUT2D eigenvalue weighted by atomic mass is 16.4. The number of rotatable bonds is 45. The molecule has 2 aromatic rings. The Morgan fingerprint density at radius 2 is 1.21 bits per heavy atom. The molecular formula is C62H99N19O19. The third-order valence-corrected chi connectivity index (χ3v) is 16.2. The number of H-pyrrole nitrogens is 1. The summed E-state index contributed by atoms with van der Waals surface area (Å²) in [6.45, 7) is 5.96. The van der Waals surface area contributed by atoms with Crippen LogP contribution in [0.15, 0.2) is 35.5 Å². The first-order valence-corrected chi connectivity index (χ1v) is 32.8. The highest BCUT2D eigenvalue weighted by Crippen LogP contribution is 2.23. The number of aliphatic hydroxyl groups excluding tert-OH is 2. The van der Waals surface area contributed by atoms with Gasteiger partial charge in [0.2, 0.25) is 76.8 Å². The summed E-state index contributed by atoms with van der Waals surface area (Å²) in [5.74, 6) is -17.7. The number of aromatic amines is 1. The number of nitrogens with two attached hydrogens (primary N) is 6. The van der Waals surface area contributed by atoms with Crippen LogP contribution < -0.4 is 87.6 Å². The van der Waals surface area contributed by atoms with Crippen molar-refractivity contribution in [3.63, 3.8) is 0 Å². The minimum absolute atomic E-state index is 0.0428. The maximum Gasteiger partial charge on any atom is 0.328 e. The second-order valence-electron chi connectivity index (χ2n) is 24.8. The lowest BCUT2D eigenvalue weighted by Crippen LogP contribution is -2.61. The number of fused-ring (bicyclic) bond motifs is 1. The van der Waals surface area contributed by atoms with Crippen LogP contribution in [0.25, 0.3) is 10.9 Å². The smallest absolute Gasteiger partial charge is 0.328 e. The Hall–Kier alpha value is -10.1. The standard InChI is InChI=1S/C62H99N19O19/c1-6-31(4)49(80-51(89)35(64)14-9-10-20-63)59(97)77-40(24-33-27-70-36-15-8-7-13-34(33)36)55(93)76-42(26-46(66)85)56(94)74-39(23-30(2)3)54(92)73-38(18-19-48(87)88)60(98)81-22-12-17-44(81)58(96)78-43(29-82)57(95)72-37(16-11-21-69-62(67)68)53(91)75-41(25-45(65)84)52(90)71-28-47(86)79-50(32(5)83)61(99)100/h7-8,13,15,27,30-32,35,37-44,49-50,70,82-83H,6,9-12,14,16-26,28-29,63-64H2,1-5H3,(H2,65,84)(H2,66,85)(H,71,90)(H,72,95)(H,73,92)(H,74,94)(H,75,91)(H,76,93)(H,77,97)(H,78,96)(H,79,86)(H,80,89)(H,87,88)(H,99,100)(H4,67,68,69)/t31-,32+,35-,37-,38-,39-,40-,41-,42-,43-,44-,49-,50-/m0/s1. The molecule has 0 bridgehead atoms. The number of aromatic nitrogens is 1. The zero-order valence-electron chi connectivity index (χ0n) is 56.7. The Morgan fingerprint density at radius 3 is 1.79 bits per heavy atom. The van der Waals surface area contributed by atoms with Crippen LogP contribution in [0.3, 0.4) is 0 Å². The molecule has 0 saturated carbocycles. The van der Waals surface area contributed by atoms with Gasteiger partial charge >= 0.3 is 11.9 Å². The normalized spacial score (nSPS) is 16.3. The lowest BCUT2D eigenvalue weighted by molar-refractivity contribution is -0.144. The molecule has 13 atom stereocenters. The number of primary amides is 2. The van der Waals surface area contributed by atoms with Crippen molar-refractivity contribution in [2.24, 2.45) is 51.2 Å². The van der Waals surface area contributed by atoms with E-state index in [0.717, 1.165) is 11.8 Å². The Labute approximate surface area is 576 Å². The number of carbonyl (C=O) groups excluding carboxylic acids is 13. The summed E-state index contributed by atoms with van der Waals surface area (Å²) < 4.78 is 0. The summed E-state index contributed by atoms with van der Waals surface area (Å²) in [5.41, 5.74) is 34.8. The van der Waals surface area contributed by atoms with E-state index in [0.29, 0.717) is 42.3 Å². The van der Waals surface area contributed by atoms with E-state index in [1.165, 1.54) is 0 Å². The van der Waals surface area contributed by atoms with Crippen molar-refractivity contribution in [3.05, 3.63) is 36.0 Å². The van der Waals surface area contributed by atoms with Gasteiger partial charge in [-0.15, -0.1) is 0 Å². The molecule has 1 aliphatic heterocycles. The van der Waals surface area contributed by atoms with Crippen molar-refractivity contribution in [1.29, 1.82) is 0 Å². The van der Waals surface area contributed by atoms with E-state index in [2.05, 4.69) is 57.8 Å². The van der Waals surface area contributed by atoms with Gasteiger partial charge in [0.05, 0.1) is 38.1 Å². The Balaban J connectivity index is 1.91. The number of unbranched alkanes of at least 4 members (excludes halogenated alkanes) is 1. The fraction of sp³-hybridized carbons (Fsp3) is 0.613. The molecule has 0 aliphatic carbocycles. The summed E-state index contributed by atoms with van der Waals surface area (Å²) in [6.07, 6.45) is -1.81. The molecule has 1 aromatic carbocycles. The van der Waals surface area contributed by atoms with E-state index < -0.39 is 212 Å². The van der Waals surface area contributed by atoms with Crippen molar-refractivity contribution >= 4 is 106 Å². The van der Waals surface area contributed by atoms with Gasteiger partial charge in [-0.3, -0.25) is 72.1 Å². The van der Waals surface area contributed by atoms with E-state index in [-0.39, 0.29) is 64.0 Å². The molecule has 100 heavy (non-hydrogen) atoms. The molecule has 38 heteroatoms. The number of likely N-dealkylation sites (tertiary alicyclic amines) is 1. The zero-order chi connectivity index (χ0) is 75.1. The number of nitrogens with zero attached hydrogens (tertiary/aromatic N) is 2. The molecule has 27 N–H and O–H groups in total. The summed E-state index contributed by atoms with van der Waals surface area (Å²) in [4.78, 5) is 210. The molecule has 1 saturated heterocycles. The highest BCUT2D eigenvalue weighted by Gasteiger charge is 2.42. The van der Waals surface area contributed by atoms with Crippen LogP contribution >= 0.6 is 0 Å². The molecule has 1 aromatic heterocycles. The van der Waals surface area contributed by atoms with Crippen molar-refractivity contribution in [3.8, 4) is 0 Å². The summed E-state index contributed by atoms with van der Waals surface area (Å²) in [6, 6.07) is -10.3. The number of para-hydroxylation sites is 1. The van der Waals surface area contributed by atoms with Crippen molar-refractivity contribution in [2.75, 3.05) is 32.8 Å². The number of aliphatic hydroxyl groups is 2. The van der Waals surface area contributed by atoms with Gasteiger partial charge in [0.25, 0.3) is 0 Å². The van der Waals surface area contributed by atoms with Crippen molar-refractivity contribution in [1.82, 2.24) is 63.1 Å². The molecule has 1 aliphatic rings. The Morgan fingerprint density at radius 1 is 0.640 bits per heavy atom. The van der Waals surface area contributed by atoms with Gasteiger partial charge in [-0.1, -0.05) is 58.7 Å². The molecule has 1 fully saturated rings. The van der Waals surface area contributed by atoms with Crippen LogP contribution in [0.4, 0.5) is 0 Å². The summed E-state index contributed by atoms with van der Waals surface area (Å²) in [5, 5.41) is 63.8. The fourth-order valence-electron chi connectivity index (χ4n) is 10.6. The van der Waals surface area contributed by atoms with Crippen LogP contribution in [0.2, 0.25) is 0 Å². The fourth-order valence-corrected chi connectivity index (χ4v) is 10.6. The predicted octanol–water partition coefficient (Wildman–Crippen LogP) is -7.14. The molecule has 2 heterocycles. The van der Waals surface area contributed by atoms with Crippen molar-refractivity contribution in [2.45, 2.75) is 197 Å². The SMILES string of the molecule is CC[C@H](C)[C@H](NC(=O)[C@@H](N)CCCCN)C(=O)N[C@@H](Cc1c[nH]c2ccccc12)C(=O)N[C@@H](CC(N)=O)C(=O)N[C@@H](CC(C)C)C(=O)N[C@@H](CCC(=O)O)C(=O)N1CCC[C@H]1C(=O)N[C@@H](CO)C(=O)N[C@@H](CCCN=C(N)N)C(=O)N[C@@H](CC(N)=O)C(=O)NCC(=O)N[C@H](C(=O)O)[C@@H](C)O. The minimum Gasteiger partial charge on any atom is -0.481 e. The lowest BCUT2D eigenvalue weighted by Gasteiger charge is -2.31. The number of benzene rings is 1. The van der Waals surface area contributed by atoms with Crippen LogP contribution in [-0.4, -0.2) is 230 Å². The number of nitrogens with one attached hydrogen (secondary N) is 11. The maximum atomic E-state index is 14.6. The number of aliphatic imine (C=N–C) groups is 1. The molecule has 0 spiro atoms. The summed E-state index contributed by atoms with van der Waals surface area (Å²) >= 11 is 0. The zero-order valence-corrected chi connectivity index (χ0v) is 56.7. The molecular weight excluding hydrogens is 1310 g/mol. The van der Waals surface area contributed by atoms with Gasteiger partial charge in [-0.25, -0.2) is 4.79 Å². The number of amides is 13. The van der Waals surface area contributed by atoms with Gasteiger partial charge in [0, 0.05) is 43.0 Å². The summed E-state index contributed by atoms with van der Waals surface area (Å²) in [7, 11) is 0. The van der Waals surface area contributed by atoms with Crippen LogP contribution in [0.1, 0.15) is 124 Å². The average molecular weight is 1410 g/mol. The van der Waals surface area contributed by atoms with Gasteiger partial charge in [0.15, 0.2) is 12.0 Å². The molecule has 0 unspecified atom stereocenters. The van der Waals surface area contributed by atoms with E-state index in [4.69, 9.17) is 34.4 Å². The maximum absolute atomic E-state index is 14.6. The Kier molecular flexibility index (Phi) is 35.3. The third-order valence-electron chi connectivity index (χ3n) is 16.2. The molecule has 13 amide bonds. The number of hydrogen-bond acceptors (Lipinski definition) is 20. The topological polar surface area (TPSA) is 645 Å². The molecule has 38 nitrogen and oxygen atoms in total. The number of carboxylic acids is 2. The van der Waals surface area contributed by atoms with Crippen LogP contribution in [0, 0.1) is 11.8 Å². The van der Waals surface area contributed by atoms with Gasteiger partial charge < -0.3 is 118 Å². The van der Waals surface area contributed by atoms with E-state index in [1.54, 1.807) is 58.2 Å². The minimum atomic E-state index is -1.88. The van der Waals surface area contributed by atoms with Gasteiger partial charge in [0.1, 0.15) is 54.4 Å².